The van der Waals surface area contributed by atoms with E-state index in [0.29, 0.717) is 11.0 Å². The molecular weight excluding hydrogens is 244 g/mol. The second-order valence-corrected chi connectivity index (χ2v) is 4.91. The summed E-state index contributed by atoms with van der Waals surface area (Å²) < 4.78 is 4.97. The standard InChI is InChI=1S/C14H22N2OS/c1-11(2)12-5-7-13(8-6-12)16-14(18)15-9-4-10-17-3/h5-8,11H,4,9-10H2,1-3H3,(H2,15,16,18). The molecule has 0 amide bonds. The van der Waals surface area contributed by atoms with Gasteiger partial charge in [0.15, 0.2) is 5.11 Å². The number of ether oxygens (including phenoxy) is 1. The molecule has 1 aromatic rings. The van der Waals surface area contributed by atoms with Crippen molar-refractivity contribution >= 4 is 23.0 Å². The van der Waals surface area contributed by atoms with Crippen LogP contribution in [-0.2, 0) is 4.74 Å². The molecule has 0 fully saturated rings. The number of nitrogens with one attached hydrogen (secondary N) is 2. The molecule has 0 spiro atoms. The first-order chi connectivity index (χ1) is 8.63. The van der Waals surface area contributed by atoms with E-state index in [1.165, 1.54) is 5.56 Å². The van der Waals surface area contributed by atoms with Gasteiger partial charge in [0.2, 0.25) is 0 Å². The van der Waals surface area contributed by atoms with E-state index in [1.54, 1.807) is 7.11 Å². The average Bonchev–Trinajstić information content (AvgIpc) is 2.35. The van der Waals surface area contributed by atoms with Crippen LogP contribution in [0.25, 0.3) is 0 Å². The highest BCUT2D eigenvalue weighted by molar-refractivity contribution is 7.80. The van der Waals surface area contributed by atoms with Crippen molar-refractivity contribution in [2.24, 2.45) is 0 Å². The van der Waals surface area contributed by atoms with E-state index in [4.69, 9.17) is 17.0 Å². The third-order valence-corrected chi connectivity index (χ3v) is 2.89. The zero-order valence-corrected chi connectivity index (χ0v) is 12.1. The van der Waals surface area contributed by atoms with Crippen LogP contribution in [0.1, 0.15) is 31.7 Å². The minimum atomic E-state index is 0.554. The fourth-order valence-electron chi connectivity index (χ4n) is 1.55. The van der Waals surface area contributed by atoms with Crippen molar-refractivity contribution in [3.05, 3.63) is 29.8 Å². The van der Waals surface area contributed by atoms with Gasteiger partial charge in [-0.15, -0.1) is 0 Å². The number of rotatable bonds is 6. The van der Waals surface area contributed by atoms with E-state index < -0.39 is 0 Å². The minimum Gasteiger partial charge on any atom is -0.385 e. The zero-order valence-electron chi connectivity index (χ0n) is 11.3. The topological polar surface area (TPSA) is 33.3 Å². The molecule has 0 saturated heterocycles. The fraction of sp³-hybridized carbons (Fsp3) is 0.500. The predicted molar refractivity (Wildman–Crippen MR) is 81.2 cm³/mol. The quantitative estimate of drug-likeness (QED) is 0.612. The second kappa shape index (κ2) is 8.06. The Bertz CT molecular complexity index is 363. The van der Waals surface area contributed by atoms with Gasteiger partial charge >= 0.3 is 0 Å². The highest BCUT2D eigenvalue weighted by Gasteiger charge is 2.00. The molecule has 0 atom stereocenters. The Morgan fingerprint density at radius 1 is 1.28 bits per heavy atom. The Kier molecular flexibility index (Phi) is 6.68. The number of anilines is 1. The monoisotopic (exact) mass is 266 g/mol. The lowest BCUT2D eigenvalue weighted by atomic mass is 10.0. The molecule has 0 saturated carbocycles. The molecule has 0 radical (unpaired) electrons. The first-order valence-corrected chi connectivity index (χ1v) is 6.68. The first kappa shape index (κ1) is 14.9. The minimum absolute atomic E-state index is 0.554. The lowest BCUT2D eigenvalue weighted by Crippen LogP contribution is -2.29. The van der Waals surface area contributed by atoms with Gasteiger partial charge < -0.3 is 15.4 Å². The maximum atomic E-state index is 5.21. The SMILES string of the molecule is COCCCNC(=S)Nc1ccc(C(C)C)cc1. The zero-order chi connectivity index (χ0) is 13.4. The van der Waals surface area contributed by atoms with Gasteiger partial charge in [-0.25, -0.2) is 0 Å². The summed E-state index contributed by atoms with van der Waals surface area (Å²) in [6.07, 6.45) is 0.949. The molecule has 0 heterocycles. The van der Waals surface area contributed by atoms with Crippen LogP contribution in [0.15, 0.2) is 24.3 Å². The van der Waals surface area contributed by atoms with Crippen LogP contribution in [0.3, 0.4) is 0 Å². The number of methoxy groups -OCH3 is 1. The molecule has 0 bridgehead atoms. The summed E-state index contributed by atoms with van der Waals surface area (Å²) in [6, 6.07) is 8.36. The Labute approximate surface area is 115 Å². The molecule has 18 heavy (non-hydrogen) atoms. The summed E-state index contributed by atoms with van der Waals surface area (Å²) in [5, 5.41) is 6.96. The van der Waals surface area contributed by atoms with Crippen molar-refractivity contribution in [3.63, 3.8) is 0 Å². The van der Waals surface area contributed by atoms with E-state index in [2.05, 4.69) is 48.7 Å². The summed E-state index contributed by atoms with van der Waals surface area (Å²) in [4.78, 5) is 0. The largest absolute Gasteiger partial charge is 0.385 e. The number of benzene rings is 1. The Hall–Kier alpha value is -1.13. The Morgan fingerprint density at radius 3 is 2.50 bits per heavy atom. The van der Waals surface area contributed by atoms with Gasteiger partial charge in [-0.1, -0.05) is 26.0 Å². The summed E-state index contributed by atoms with van der Waals surface area (Å²) in [7, 11) is 1.70. The normalized spacial score (nSPS) is 10.4. The molecular formula is C14H22N2OS. The van der Waals surface area contributed by atoms with Crippen molar-refractivity contribution in [1.29, 1.82) is 0 Å². The van der Waals surface area contributed by atoms with Gasteiger partial charge in [-0.05, 0) is 42.3 Å². The van der Waals surface area contributed by atoms with Gasteiger partial charge in [0.25, 0.3) is 0 Å². The third-order valence-electron chi connectivity index (χ3n) is 2.65. The van der Waals surface area contributed by atoms with Crippen LogP contribution in [0.5, 0.6) is 0 Å². The van der Waals surface area contributed by atoms with Gasteiger partial charge in [0.1, 0.15) is 0 Å². The summed E-state index contributed by atoms with van der Waals surface area (Å²) in [5.74, 6) is 0.554. The number of hydrogen-bond donors (Lipinski definition) is 2. The summed E-state index contributed by atoms with van der Waals surface area (Å²) in [5.41, 5.74) is 2.35. The van der Waals surface area contributed by atoms with Crippen LogP contribution in [0.4, 0.5) is 5.69 Å². The lowest BCUT2D eigenvalue weighted by molar-refractivity contribution is 0.196. The average molecular weight is 266 g/mol. The second-order valence-electron chi connectivity index (χ2n) is 4.50. The molecule has 0 aromatic heterocycles. The van der Waals surface area contributed by atoms with Gasteiger partial charge in [0.05, 0.1) is 0 Å². The van der Waals surface area contributed by atoms with Crippen molar-refractivity contribution in [1.82, 2.24) is 5.32 Å². The molecule has 0 aliphatic rings. The van der Waals surface area contributed by atoms with Crippen molar-refractivity contribution in [2.45, 2.75) is 26.2 Å². The van der Waals surface area contributed by atoms with Gasteiger partial charge in [0, 0.05) is 25.9 Å². The molecule has 3 nitrogen and oxygen atoms in total. The third kappa shape index (κ3) is 5.47. The highest BCUT2D eigenvalue weighted by Crippen LogP contribution is 2.16. The van der Waals surface area contributed by atoms with E-state index in [1.807, 2.05) is 0 Å². The van der Waals surface area contributed by atoms with Crippen molar-refractivity contribution < 1.29 is 4.74 Å². The Balaban J connectivity index is 2.35. The van der Waals surface area contributed by atoms with E-state index in [-0.39, 0.29) is 0 Å². The molecule has 1 aromatic carbocycles. The smallest absolute Gasteiger partial charge is 0.170 e. The summed E-state index contributed by atoms with van der Waals surface area (Å²) >= 11 is 5.21. The van der Waals surface area contributed by atoms with Crippen molar-refractivity contribution in [2.75, 3.05) is 25.6 Å². The van der Waals surface area contributed by atoms with Crippen LogP contribution in [0, 0.1) is 0 Å². The highest BCUT2D eigenvalue weighted by atomic mass is 32.1. The molecule has 0 aliphatic heterocycles. The van der Waals surface area contributed by atoms with Crippen LogP contribution < -0.4 is 10.6 Å². The fourth-order valence-corrected chi connectivity index (χ4v) is 1.76. The molecule has 0 aliphatic carbocycles. The van der Waals surface area contributed by atoms with Crippen LogP contribution >= 0.6 is 12.2 Å². The van der Waals surface area contributed by atoms with E-state index in [9.17, 15) is 0 Å². The van der Waals surface area contributed by atoms with Crippen LogP contribution in [-0.4, -0.2) is 25.4 Å². The summed E-state index contributed by atoms with van der Waals surface area (Å²) in [6.45, 7) is 5.94. The Morgan fingerprint density at radius 2 is 1.94 bits per heavy atom. The van der Waals surface area contributed by atoms with E-state index >= 15 is 0 Å². The van der Waals surface area contributed by atoms with Crippen LogP contribution in [0.2, 0.25) is 0 Å². The molecule has 2 N–H and O–H groups in total. The molecule has 4 heteroatoms. The van der Waals surface area contributed by atoms with Gasteiger partial charge in [-0.2, -0.15) is 0 Å². The number of hydrogen-bond acceptors (Lipinski definition) is 2. The molecule has 0 unspecified atom stereocenters. The lowest BCUT2D eigenvalue weighted by Gasteiger charge is -2.11. The van der Waals surface area contributed by atoms with Crippen molar-refractivity contribution in [3.8, 4) is 0 Å². The molecule has 1 rings (SSSR count). The maximum absolute atomic E-state index is 5.21. The number of thiocarbonyl (C=S) groups is 1. The van der Waals surface area contributed by atoms with Gasteiger partial charge in [-0.3, -0.25) is 0 Å². The maximum Gasteiger partial charge on any atom is 0.170 e. The molecule has 100 valence electrons. The van der Waals surface area contributed by atoms with E-state index in [0.717, 1.165) is 25.3 Å². The first-order valence-electron chi connectivity index (χ1n) is 6.27. The predicted octanol–water partition coefficient (Wildman–Crippen LogP) is 3.13.